The first kappa shape index (κ1) is 18.3. The van der Waals surface area contributed by atoms with E-state index in [1.54, 1.807) is 12.1 Å². The number of carbonyl (C=O) groups excluding carboxylic acids is 2. The number of hydrogen-bond acceptors (Lipinski definition) is 3. The fourth-order valence-corrected chi connectivity index (χ4v) is 2.05. The van der Waals surface area contributed by atoms with E-state index >= 15 is 0 Å². The van der Waals surface area contributed by atoms with Crippen LogP contribution in [0.1, 0.15) is 22.8 Å². The molecule has 0 atom stereocenters. The molecular weight excluding hydrogens is 335 g/mol. The summed E-state index contributed by atoms with van der Waals surface area (Å²) in [5.74, 6) is -1.10. The van der Waals surface area contributed by atoms with E-state index in [0.29, 0.717) is 5.69 Å². The van der Waals surface area contributed by atoms with Crippen LogP contribution in [0.5, 0.6) is 5.75 Å². The van der Waals surface area contributed by atoms with Gasteiger partial charge in [0.25, 0.3) is 0 Å². The van der Waals surface area contributed by atoms with Gasteiger partial charge in [-0.15, -0.1) is 13.2 Å². The SMILES string of the molecule is CC(=O)Nc1cccc(C(=O)C=Cc2ccccc2OC(F)(F)F)c1. The zero-order valence-electron chi connectivity index (χ0n) is 13.1. The molecule has 1 amide bonds. The standard InChI is InChI=1S/C18H14F3NO3/c1-12(23)22-15-7-4-6-14(11-15)16(24)10-9-13-5-2-3-8-17(13)25-18(19,20)21/h2-11H,1H3,(H,22,23). The van der Waals surface area contributed by atoms with Crippen LogP contribution in [0.3, 0.4) is 0 Å². The quantitative estimate of drug-likeness (QED) is 0.641. The Morgan fingerprint density at radius 3 is 2.48 bits per heavy atom. The Hall–Kier alpha value is -3.09. The lowest BCUT2D eigenvalue weighted by molar-refractivity contribution is -0.274. The van der Waals surface area contributed by atoms with E-state index in [-0.39, 0.29) is 17.0 Å². The molecule has 0 heterocycles. The summed E-state index contributed by atoms with van der Waals surface area (Å²) in [5, 5.41) is 2.55. The van der Waals surface area contributed by atoms with Gasteiger partial charge in [-0.05, 0) is 30.4 Å². The van der Waals surface area contributed by atoms with E-state index in [0.717, 1.165) is 12.1 Å². The summed E-state index contributed by atoms with van der Waals surface area (Å²) < 4.78 is 41.1. The molecule has 4 nitrogen and oxygen atoms in total. The summed E-state index contributed by atoms with van der Waals surface area (Å²) in [4.78, 5) is 23.2. The molecule has 7 heteroatoms. The molecule has 0 saturated heterocycles. The minimum Gasteiger partial charge on any atom is -0.405 e. The van der Waals surface area contributed by atoms with Crippen molar-refractivity contribution in [3.8, 4) is 5.75 Å². The molecule has 2 aromatic rings. The normalized spacial score (nSPS) is 11.4. The molecule has 0 aliphatic rings. The highest BCUT2D eigenvalue weighted by molar-refractivity contribution is 6.07. The number of ether oxygens (including phenoxy) is 1. The zero-order valence-corrected chi connectivity index (χ0v) is 13.1. The predicted octanol–water partition coefficient (Wildman–Crippen LogP) is 4.44. The van der Waals surface area contributed by atoms with Crippen LogP contribution < -0.4 is 10.1 Å². The minimum absolute atomic E-state index is 0.117. The number of para-hydroxylation sites is 1. The number of benzene rings is 2. The molecule has 0 unspecified atom stereocenters. The molecule has 0 aromatic heterocycles. The van der Waals surface area contributed by atoms with Crippen molar-refractivity contribution in [2.75, 3.05) is 5.32 Å². The van der Waals surface area contributed by atoms with Crippen molar-refractivity contribution in [3.63, 3.8) is 0 Å². The first-order valence-corrected chi connectivity index (χ1v) is 7.19. The van der Waals surface area contributed by atoms with E-state index in [1.807, 2.05) is 0 Å². The molecule has 0 bridgehead atoms. The number of carbonyl (C=O) groups is 2. The van der Waals surface area contributed by atoms with Gasteiger partial charge >= 0.3 is 6.36 Å². The average Bonchev–Trinajstić information content (AvgIpc) is 2.52. The number of halogens is 3. The summed E-state index contributed by atoms with van der Waals surface area (Å²) in [5.41, 5.74) is 0.857. The molecule has 0 saturated carbocycles. The van der Waals surface area contributed by atoms with Gasteiger partial charge in [0.15, 0.2) is 5.78 Å². The van der Waals surface area contributed by atoms with Gasteiger partial charge in [0.1, 0.15) is 5.75 Å². The highest BCUT2D eigenvalue weighted by Gasteiger charge is 2.31. The zero-order chi connectivity index (χ0) is 18.4. The second kappa shape index (κ2) is 7.65. The average molecular weight is 349 g/mol. The molecule has 0 spiro atoms. The van der Waals surface area contributed by atoms with Crippen molar-refractivity contribution >= 4 is 23.5 Å². The molecule has 0 fully saturated rings. The number of nitrogens with one attached hydrogen (secondary N) is 1. The summed E-state index contributed by atoms with van der Waals surface area (Å²) in [7, 11) is 0. The first-order chi connectivity index (χ1) is 11.7. The number of anilines is 1. The van der Waals surface area contributed by atoms with Gasteiger partial charge in [-0.1, -0.05) is 30.3 Å². The minimum atomic E-state index is -4.82. The Labute approximate surface area is 141 Å². The third kappa shape index (κ3) is 5.80. The number of allylic oxidation sites excluding steroid dienone is 1. The Kier molecular flexibility index (Phi) is 5.59. The second-order valence-electron chi connectivity index (χ2n) is 5.05. The fraction of sp³-hybridized carbons (Fsp3) is 0.111. The smallest absolute Gasteiger partial charge is 0.405 e. The summed E-state index contributed by atoms with van der Waals surface area (Å²) in [6.07, 6.45) is -2.43. The van der Waals surface area contributed by atoms with Crippen LogP contribution in [0.15, 0.2) is 54.6 Å². The molecule has 1 N–H and O–H groups in total. The van der Waals surface area contributed by atoms with Crippen molar-refractivity contribution in [2.45, 2.75) is 13.3 Å². The van der Waals surface area contributed by atoms with Gasteiger partial charge in [-0.25, -0.2) is 0 Å². The highest BCUT2D eigenvalue weighted by Crippen LogP contribution is 2.27. The fourth-order valence-electron chi connectivity index (χ4n) is 2.05. The molecule has 0 radical (unpaired) electrons. The number of amides is 1. The Balaban J connectivity index is 2.20. The Morgan fingerprint density at radius 2 is 1.80 bits per heavy atom. The molecule has 130 valence electrons. The van der Waals surface area contributed by atoms with Crippen LogP contribution >= 0.6 is 0 Å². The lowest BCUT2D eigenvalue weighted by atomic mass is 10.1. The van der Waals surface area contributed by atoms with E-state index in [4.69, 9.17) is 0 Å². The molecule has 0 aliphatic heterocycles. The number of alkyl halides is 3. The van der Waals surface area contributed by atoms with Crippen molar-refractivity contribution in [2.24, 2.45) is 0 Å². The van der Waals surface area contributed by atoms with Crippen LogP contribution in [0.2, 0.25) is 0 Å². The van der Waals surface area contributed by atoms with Crippen LogP contribution in [0.25, 0.3) is 6.08 Å². The van der Waals surface area contributed by atoms with Crippen LogP contribution in [-0.2, 0) is 4.79 Å². The maximum Gasteiger partial charge on any atom is 0.573 e. The van der Waals surface area contributed by atoms with E-state index in [2.05, 4.69) is 10.1 Å². The largest absolute Gasteiger partial charge is 0.573 e. The molecule has 25 heavy (non-hydrogen) atoms. The summed E-state index contributed by atoms with van der Waals surface area (Å²) in [6.45, 7) is 1.34. The molecule has 2 aromatic carbocycles. The number of ketones is 1. The summed E-state index contributed by atoms with van der Waals surface area (Å²) >= 11 is 0. The van der Waals surface area contributed by atoms with E-state index < -0.39 is 17.9 Å². The summed E-state index contributed by atoms with van der Waals surface area (Å²) in [6, 6.07) is 11.7. The monoisotopic (exact) mass is 349 g/mol. The van der Waals surface area contributed by atoms with Gasteiger partial charge in [-0.3, -0.25) is 9.59 Å². The lowest BCUT2D eigenvalue weighted by Gasteiger charge is -2.10. The highest BCUT2D eigenvalue weighted by atomic mass is 19.4. The van der Waals surface area contributed by atoms with Gasteiger partial charge < -0.3 is 10.1 Å². The number of rotatable bonds is 5. The van der Waals surface area contributed by atoms with Crippen molar-refractivity contribution in [1.29, 1.82) is 0 Å². The Morgan fingerprint density at radius 1 is 1.08 bits per heavy atom. The van der Waals surface area contributed by atoms with E-state index in [9.17, 15) is 22.8 Å². The van der Waals surface area contributed by atoms with Crippen molar-refractivity contribution < 1.29 is 27.5 Å². The second-order valence-corrected chi connectivity index (χ2v) is 5.05. The first-order valence-electron chi connectivity index (χ1n) is 7.19. The Bertz CT molecular complexity index is 813. The van der Waals surface area contributed by atoms with Gasteiger partial charge in [-0.2, -0.15) is 0 Å². The van der Waals surface area contributed by atoms with Gasteiger partial charge in [0, 0.05) is 23.7 Å². The molecular formula is C18H14F3NO3. The van der Waals surface area contributed by atoms with Gasteiger partial charge in [0.05, 0.1) is 0 Å². The van der Waals surface area contributed by atoms with Crippen molar-refractivity contribution in [3.05, 3.63) is 65.7 Å². The van der Waals surface area contributed by atoms with Crippen LogP contribution in [-0.4, -0.2) is 18.1 Å². The third-order valence-electron chi connectivity index (χ3n) is 3.03. The van der Waals surface area contributed by atoms with Gasteiger partial charge in [0.2, 0.25) is 5.91 Å². The predicted molar refractivity (Wildman–Crippen MR) is 87.2 cm³/mol. The molecule has 2 rings (SSSR count). The third-order valence-corrected chi connectivity index (χ3v) is 3.03. The van der Waals surface area contributed by atoms with Crippen LogP contribution in [0.4, 0.5) is 18.9 Å². The topological polar surface area (TPSA) is 55.4 Å². The maximum absolute atomic E-state index is 12.4. The number of hydrogen-bond donors (Lipinski definition) is 1. The van der Waals surface area contributed by atoms with Crippen LogP contribution in [0, 0.1) is 0 Å². The lowest BCUT2D eigenvalue weighted by Crippen LogP contribution is -2.17. The van der Waals surface area contributed by atoms with Crippen molar-refractivity contribution in [1.82, 2.24) is 0 Å². The maximum atomic E-state index is 12.4. The van der Waals surface area contributed by atoms with E-state index in [1.165, 1.54) is 43.3 Å². The molecule has 0 aliphatic carbocycles.